The zero-order valence-electron chi connectivity index (χ0n) is 10.9. The maximum Gasteiger partial charge on any atom is 0.164 e. The highest BCUT2D eigenvalue weighted by atomic mass is 19.1. The second-order valence-electron chi connectivity index (χ2n) is 4.95. The summed E-state index contributed by atoms with van der Waals surface area (Å²) in [6.45, 7) is 4.06. The molecule has 1 aromatic carbocycles. The Hall–Kier alpha value is -1.22. The minimum absolute atomic E-state index is 0.108. The van der Waals surface area contributed by atoms with Crippen LogP contribution < -0.4 is 0 Å². The number of hydrogen-bond donors (Lipinski definition) is 0. The van der Waals surface area contributed by atoms with Gasteiger partial charge in [0.15, 0.2) is 5.78 Å². The Morgan fingerprint density at radius 3 is 2.50 bits per heavy atom. The zero-order chi connectivity index (χ0) is 13.0. The predicted molar refractivity (Wildman–Crippen MR) is 70.2 cm³/mol. The molecule has 0 N–H and O–H groups in total. The van der Waals surface area contributed by atoms with Gasteiger partial charge >= 0.3 is 0 Å². The van der Waals surface area contributed by atoms with Gasteiger partial charge in [-0.2, -0.15) is 0 Å². The highest BCUT2D eigenvalue weighted by molar-refractivity contribution is 5.96. The molecule has 0 unspecified atom stereocenters. The van der Waals surface area contributed by atoms with Crippen LogP contribution >= 0.6 is 0 Å². The molecule has 0 aromatic heterocycles. The Labute approximate surface area is 108 Å². The highest BCUT2D eigenvalue weighted by Crippen LogP contribution is 2.27. The minimum Gasteiger partial charge on any atom is -0.300 e. The predicted octanol–water partition coefficient (Wildman–Crippen LogP) is 3.27. The second kappa shape index (κ2) is 6.10. The van der Waals surface area contributed by atoms with Crippen LogP contribution in [0.2, 0.25) is 0 Å². The first-order valence-electron chi connectivity index (χ1n) is 6.73. The molecule has 1 fully saturated rings. The maximum absolute atomic E-state index is 12.8. The molecule has 18 heavy (non-hydrogen) atoms. The number of rotatable bonds is 7. The molecular weight excluding hydrogens is 229 g/mol. The number of hydrogen-bond acceptors (Lipinski definition) is 2. The van der Waals surface area contributed by atoms with E-state index in [0.717, 1.165) is 19.5 Å². The van der Waals surface area contributed by atoms with Gasteiger partial charge in [0.2, 0.25) is 0 Å². The van der Waals surface area contributed by atoms with Crippen LogP contribution in [0.25, 0.3) is 0 Å². The third kappa shape index (κ3) is 3.64. The monoisotopic (exact) mass is 249 g/mol. The lowest BCUT2D eigenvalue weighted by Gasteiger charge is -2.20. The molecule has 0 bridgehead atoms. The van der Waals surface area contributed by atoms with Gasteiger partial charge in [-0.3, -0.25) is 9.69 Å². The number of ketones is 1. The van der Waals surface area contributed by atoms with E-state index in [9.17, 15) is 9.18 Å². The number of halogens is 1. The Morgan fingerprint density at radius 2 is 1.94 bits per heavy atom. The molecule has 0 atom stereocenters. The number of carbonyl (C=O) groups is 1. The summed E-state index contributed by atoms with van der Waals surface area (Å²) in [4.78, 5) is 14.4. The van der Waals surface area contributed by atoms with Gasteiger partial charge in [-0.15, -0.1) is 0 Å². The second-order valence-corrected chi connectivity index (χ2v) is 4.95. The third-order valence-corrected chi connectivity index (χ3v) is 3.37. The van der Waals surface area contributed by atoms with E-state index in [1.54, 1.807) is 12.1 Å². The van der Waals surface area contributed by atoms with Crippen LogP contribution in [0.5, 0.6) is 0 Å². The first-order chi connectivity index (χ1) is 8.70. The van der Waals surface area contributed by atoms with E-state index in [2.05, 4.69) is 11.8 Å². The van der Waals surface area contributed by atoms with Gasteiger partial charge < -0.3 is 0 Å². The van der Waals surface area contributed by atoms with E-state index in [-0.39, 0.29) is 11.6 Å². The van der Waals surface area contributed by atoms with Gasteiger partial charge in [-0.1, -0.05) is 6.92 Å². The van der Waals surface area contributed by atoms with Crippen LogP contribution in [-0.2, 0) is 0 Å². The summed E-state index contributed by atoms with van der Waals surface area (Å²) in [5.74, 6) is -0.186. The summed E-state index contributed by atoms with van der Waals surface area (Å²) in [6.07, 6.45) is 4.19. The fourth-order valence-corrected chi connectivity index (χ4v) is 2.23. The van der Waals surface area contributed by atoms with E-state index < -0.39 is 0 Å². The molecule has 0 radical (unpaired) electrons. The van der Waals surface area contributed by atoms with Crippen molar-refractivity contribution < 1.29 is 9.18 Å². The van der Waals surface area contributed by atoms with E-state index in [1.807, 2.05) is 0 Å². The van der Waals surface area contributed by atoms with Gasteiger partial charge in [0.25, 0.3) is 0 Å². The van der Waals surface area contributed by atoms with Crippen molar-refractivity contribution in [3.05, 3.63) is 35.6 Å². The average molecular weight is 249 g/mol. The molecule has 0 spiro atoms. The molecule has 0 aliphatic heterocycles. The Morgan fingerprint density at radius 1 is 1.28 bits per heavy atom. The number of Topliss-reactive ketones (excluding diaryl/α,β-unsaturated/α-hetero) is 1. The van der Waals surface area contributed by atoms with Crippen LogP contribution in [0.15, 0.2) is 24.3 Å². The van der Waals surface area contributed by atoms with Crippen molar-refractivity contribution in [2.45, 2.75) is 38.6 Å². The third-order valence-electron chi connectivity index (χ3n) is 3.37. The van der Waals surface area contributed by atoms with Crippen LogP contribution in [0, 0.1) is 5.82 Å². The molecule has 1 aliphatic rings. The molecule has 2 rings (SSSR count). The first kappa shape index (κ1) is 13.2. The lowest BCUT2D eigenvalue weighted by molar-refractivity contribution is 0.0962. The van der Waals surface area contributed by atoms with E-state index in [4.69, 9.17) is 0 Å². The number of carbonyl (C=O) groups excluding carboxylic acids is 1. The van der Waals surface area contributed by atoms with Gasteiger partial charge in [0, 0.05) is 24.6 Å². The summed E-state index contributed by atoms with van der Waals surface area (Å²) in [5, 5.41) is 0. The minimum atomic E-state index is -0.294. The van der Waals surface area contributed by atoms with Crippen molar-refractivity contribution in [1.82, 2.24) is 4.90 Å². The molecule has 1 saturated carbocycles. The highest BCUT2D eigenvalue weighted by Gasteiger charge is 2.28. The molecular formula is C15H20FNO. The van der Waals surface area contributed by atoms with Crippen molar-refractivity contribution >= 4 is 5.78 Å². The largest absolute Gasteiger partial charge is 0.300 e. The van der Waals surface area contributed by atoms with E-state index >= 15 is 0 Å². The van der Waals surface area contributed by atoms with Gasteiger partial charge in [0.05, 0.1) is 0 Å². The topological polar surface area (TPSA) is 20.3 Å². The average Bonchev–Trinajstić information content (AvgIpc) is 3.19. The van der Waals surface area contributed by atoms with Crippen molar-refractivity contribution in [1.29, 1.82) is 0 Å². The van der Waals surface area contributed by atoms with E-state index in [1.165, 1.54) is 25.0 Å². The van der Waals surface area contributed by atoms with Crippen molar-refractivity contribution in [2.75, 3.05) is 13.1 Å². The number of benzene rings is 1. The molecule has 0 saturated heterocycles. The summed E-state index contributed by atoms with van der Waals surface area (Å²) in [6, 6.07) is 6.53. The SMILES string of the molecule is CCCN(CCC(=O)c1ccc(F)cc1)C1CC1. The maximum atomic E-state index is 12.8. The quantitative estimate of drug-likeness (QED) is 0.691. The molecule has 1 aliphatic carbocycles. The van der Waals surface area contributed by atoms with Crippen molar-refractivity contribution in [2.24, 2.45) is 0 Å². The smallest absolute Gasteiger partial charge is 0.164 e. The molecule has 0 amide bonds. The zero-order valence-corrected chi connectivity index (χ0v) is 10.9. The Bertz CT molecular complexity index is 397. The Kier molecular flexibility index (Phi) is 4.48. The van der Waals surface area contributed by atoms with Crippen LogP contribution in [0.1, 0.15) is 43.0 Å². The normalized spacial score (nSPS) is 15.1. The molecule has 98 valence electrons. The molecule has 1 aromatic rings. The fourth-order valence-electron chi connectivity index (χ4n) is 2.23. The molecule has 2 nitrogen and oxygen atoms in total. The van der Waals surface area contributed by atoms with Crippen LogP contribution in [0.4, 0.5) is 4.39 Å². The summed E-state index contributed by atoms with van der Waals surface area (Å²) < 4.78 is 12.8. The first-order valence-corrected chi connectivity index (χ1v) is 6.73. The fraction of sp³-hybridized carbons (Fsp3) is 0.533. The molecule has 0 heterocycles. The van der Waals surface area contributed by atoms with Gasteiger partial charge in [-0.25, -0.2) is 4.39 Å². The van der Waals surface area contributed by atoms with Crippen LogP contribution in [-0.4, -0.2) is 29.8 Å². The standard InChI is InChI=1S/C15H20FNO/c1-2-10-17(14-7-8-14)11-9-15(18)12-3-5-13(16)6-4-12/h3-6,14H,2,7-11H2,1H3. The Balaban J connectivity index is 1.85. The van der Waals surface area contributed by atoms with Crippen molar-refractivity contribution in [3.8, 4) is 0 Å². The lowest BCUT2D eigenvalue weighted by atomic mass is 10.1. The van der Waals surface area contributed by atoms with Crippen molar-refractivity contribution in [3.63, 3.8) is 0 Å². The van der Waals surface area contributed by atoms with Gasteiger partial charge in [0.1, 0.15) is 5.82 Å². The van der Waals surface area contributed by atoms with Crippen LogP contribution in [0.3, 0.4) is 0 Å². The summed E-state index contributed by atoms with van der Waals surface area (Å²) in [5.41, 5.74) is 0.614. The molecule has 3 heteroatoms. The van der Waals surface area contributed by atoms with E-state index in [0.29, 0.717) is 18.0 Å². The van der Waals surface area contributed by atoms with Gasteiger partial charge in [-0.05, 0) is 50.1 Å². The lowest BCUT2D eigenvalue weighted by Crippen LogP contribution is -2.29. The summed E-state index contributed by atoms with van der Waals surface area (Å²) in [7, 11) is 0. The number of nitrogens with zero attached hydrogens (tertiary/aromatic N) is 1. The summed E-state index contributed by atoms with van der Waals surface area (Å²) >= 11 is 0.